The summed E-state index contributed by atoms with van der Waals surface area (Å²) < 4.78 is 0. The lowest BCUT2D eigenvalue weighted by Gasteiger charge is -2.33. The highest BCUT2D eigenvalue weighted by atomic mass is 35.5. The van der Waals surface area contributed by atoms with Crippen molar-refractivity contribution < 1.29 is 14.7 Å². The third kappa shape index (κ3) is 2.64. The number of carboxylic acids is 1. The maximum absolute atomic E-state index is 12.8. The molecule has 1 amide bonds. The molecule has 1 N–H and O–H groups in total. The smallest absolute Gasteiger partial charge is 0.326 e. The van der Waals surface area contributed by atoms with Crippen LogP contribution in [0.25, 0.3) is 0 Å². The molecule has 0 spiro atoms. The Hall–Kier alpha value is -1.55. The summed E-state index contributed by atoms with van der Waals surface area (Å²) in [5.41, 5.74) is 0.472. The molecule has 4 nitrogen and oxygen atoms in total. The average molecular weight is 308 g/mol. The molecule has 1 heterocycles. The van der Waals surface area contributed by atoms with Crippen LogP contribution in [-0.2, 0) is 4.79 Å². The van der Waals surface area contributed by atoms with E-state index in [1.165, 1.54) is 0 Å². The van der Waals surface area contributed by atoms with Crippen LogP contribution < -0.4 is 0 Å². The fourth-order valence-electron chi connectivity index (χ4n) is 3.74. The van der Waals surface area contributed by atoms with Crippen LogP contribution in [-0.4, -0.2) is 34.0 Å². The molecule has 1 aliphatic carbocycles. The van der Waals surface area contributed by atoms with Gasteiger partial charge in [0, 0.05) is 16.6 Å². The van der Waals surface area contributed by atoms with Crippen molar-refractivity contribution in [3.8, 4) is 0 Å². The van der Waals surface area contributed by atoms with E-state index in [0.717, 1.165) is 25.7 Å². The third-order valence-corrected chi connectivity index (χ3v) is 4.91. The number of carboxylic acid groups (broad SMARTS) is 1. The fraction of sp³-hybridized carbons (Fsp3) is 0.500. The first kappa shape index (κ1) is 14.4. The van der Waals surface area contributed by atoms with Crippen molar-refractivity contribution in [2.75, 3.05) is 0 Å². The molecule has 0 unspecified atom stereocenters. The molecule has 0 radical (unpaired) electrons. The van der Waals surface area contributed by atoms with Gasteiger partial charge in [0.1, 0.15) is 6.04 Å². The molecule has 2 fully saturated rings. The summed E-state index contributed by atoms with van der Waals surface area (Å²) >= 11 is 5.94. The minimum absolute atomic E-state index is 0.0614. The van der Waals surface area contributed by atoms with E-state index < -0.39 is 12.0 Å². The number of halogens is 1. The lowest BCUT2D eigenvalue weighted by Crippen LogP contribution is -2.46. The average Bonchev–Trinajstić information content (AvgIpc) is 2.86. The van der Waals surface area contributed by atoms with Gasteiger partial charge in [0.25, 0.3) is 5.91 Å². The second-order valence-electron chi connectivity index (χ2n) is 5.92. The molecule has 0 aromatic heterocycles. The van der Waals surface area contributed by atoms with E-state index >= 15 is 0 Å². The predicted molar refractivity (Wildman–Crippen MR) is 79.4 cm³/mol. The van der Waals surface area contributed by atoms with Gasteiger partial charge < -0.3 is 10.0 Å². The van der Waals surface area contributed by atoms with E-state index in [0.29, 0.717) is 22.9 Å². The molecule has 1 saturated heterocycles. The van der Waals surface area contributed by atoms with Gasteiger partial charge in [-0.3, -0.25) is 4.79 Å². The second kappa shape index (κ2) is 5.68. The van der Waals surface area contributed by atoms with Gasteiger partial charge in [-0.1, -0.05) is 30.5 Å². The van der Waals surface area contributed by atoms with Crippen LogP contribution in [0.3, 0.4) is 0 Å². The Morgan fingerprint density at radius 1 is 1.24 bits per heavy atom. The Morgan fingerprint density at radius 3 is 2.71 bits per heavy atom. The van der Waals surface area contributed by atoms with Crippen LogP contribution in [0, 0.1) is 5.92 Å². The van der Waals surface area contributed by atoms with Crippen LogP contribution in [0.4, 0.5) is 0 Å². The first-order valence-electron chi connectivity index (χ1n) is 7.39. The monoisotopic (exact) mass is 307 g/mol. The summed E-state index contributed by atoms with van der Waals surface area (Å²) in [7, 11) is 0. The van der Waals surface area contributed by atoms with Gasteiger partial charge in [0.15, 0.2) is 0 Å². The molecule has 1 saturated carbocycles. The minimum Gasteiger partial charge on any atom is -0.480 e. The number of hydrogen-bond donors (Lipinski definition) is 1. The predicted octanol–water partition coefficient (Wildman–Crippen LogP) is 3.20. The van der Waals surface area contributed by atoms with Gasteiger partial charge in [-0.2, -0.15) is 0 Å². The van der Waals surface area contributed by atoms with Crippen molar-refractivity contribution in [3.63, 3.8) is 0 Å². The number of aliphatic carboxylic acids is 1. The molecule has 2 aliphatic rings. The van der Waals surface area contributed by atoms with Crippen LogP contribution >= 0.6 is 11.6 Å². The Bertz CT molecular complexity index is 574. The molecule has 112 valence electrons. The first-order chi connectivity index (χ1) is 10.1. The summed E-state index contributed by atoms with van der Waals surface area (Å²) in [6.07, 6.45) is 4.69. The number of fused-ring (bicyclic) bond motifs is 1. The van der Waals surface area contributed by atoms with Crippen molar-refractivity contribution in [2.24, 2.45) is 5.92 Å². The second-order valence-corrected chi connectivity index (χ2v) is 6.36. The van der Waals surface area contributed by atoms with Crippen molar-refractivity contribution >= 4 is 23.5 Å². The van der Waals surface area contributed by atoms with Gasteiger partial charge in [-0.15, -0.1) is 0 Å². The molecule has 5 heteroatoms. The molecule has 3 rings (SSSR count). The van der Waals surface area contributed by atoms with E-state index in [9.17, 15) is 14.7 Å². The minimum atomic E-state index is -0.903. The molecule has 1 aromatic carbocycles. The largest absolute Gasteiger partial charge is 0.480 e. The summed E-state index contributed by atoms with van der Waals surface area (Å²) in [6, 6.07) is 6.10. The molecular weight excluding hydrogens is 290 g/mol. The number of likely N-dealkylation sites (tertiary alicyclic amines) is 1. The molecule has 3 atom stereocenters. The Morgan fingerprint density at radius 2 is 2.00 bits per heavy atom. The molecule has 0 bridgehead atoms. The molecular formula is C16H18ClNO3. The number of benzene rings is 1. The van der Waals surface area contributed by atoms with Crippen LogP contribution in [0.2, 0.25) is 5.02 Å². The topological polar surface area (TPSA) is 57.6 Å². The maximum atomic E-state index is 12.8. The zero-order valence-electron chi connectivity index (χ0n) is 11.7. The number of amides is 1. The molecule has 1 aliphatic heterocycles. The normalized spacial score (nSPS) is 28.2. The van der Waals surface area contributed by atoms with Crippen molar-refractivity contribution in [1.29, 1.82) is 0 Å². The zero-order valence-corrected chi connectivity index (χ0v) is 12.4. The standard InChI is InChI=1S/C16H18ClNO3/c17-12-6-3-5-11(8-12)15(19)18-13-7-2-1-4-10(13)9-14(18)16(20)21/h3,5-6,8,10,13-14H,1-2,4,7,9H2,(H,20,21)/t10-,13-,14+/m1/s1. The van der Waals surface area contributed by atoms with Crippen molar-refractivity contribution in [2.45, 2.75) is 44.2 Å². The van der Waals surface area contributed by atoms with Crippen molar-refractivity contribution in [3.05, 3.63) is 34.9 Å². The SMILES string of the molecule is O=C(O)[C@@H]1C[C@H]2CCCC[C@H]2N1C(=O)c1cccc(Cl)c1. The number of rotatable bonds is 2. The highest BCUT2D eigenvalue weighted by molar-refractivity contribution is 6.31. The highest BCUT2D eigenvalue weighted by Gasteiger charge is 2.47. The summed E-state index contributed by atoms with van der Waals surface area (Å²) in [4.78, 5) is 25.9. The molecule has 21 heavy (non-hydrogen) atoms. The number of hydrogen-bond acceptors (Lipinski definition) is 2. The summed E-state index contributed by atoms with van der Waals surface area (Å²) in [6.45, 7) is 0. The van der Waals surface area contributed by atoms with Gasteiger partial charge in [0.05, 0.1) is 0 Å². The lowest BCUT2D eigenvalue weighted by molar-refractivity contribution is -0.141. The summed E-state index contributed by atoms with van der Waals surface area (Å²) in [5, 5.41) is 9.95. The quantitative estimate of drug-likeness (QED) is 0.913. The number of nitrogens with zero attached hydrogens (tertiary/aromatic N) is 1. The highest BCUT2D eigenvalue weighted by Crippen LogP contribution is 2.40. The van der Waals surface area contributed by atoms with Gasteiger partial charge in [-0.05, 0) is 43.4 Å². The van der Waals surface area contributed by atoms with E-state index in [-0.39, 0.29) is 11.9 Å². The summed E-state index contributed by atoms with van der Waals surface area (Å²) in [5.74, 6) is -0.790. The van der Waals surface area contributed by atoms with Gasteiger partial charge >= 0.3 is 5.97 Å². The number of carbonyl (C=O) groups is 2. The van der Waals surface area contributed by atoms with Crippen LogP contribution in [0.5, 0.6) is 0 Å². The van der Waals surface area contributed by atoms with Crippen molar-refractivity contribution in [1.82, 2.24) is 4.90 Å². The van der Waals surface area contributed by atoms with E-state index in [4.69, 9.17) is 11.6 Å². The van der Waals surface area contributed by atoms with E-state index in [1.54, 1.807) is 29.2 Å². The zero-order chi connectivity index (χ0) is 15.0. The molecule has 1 aromatic rings. The van der Waals surface area contributed by atoms with Crippen LogP contribution in [0.15, 0.2) is 24.3 Å². The fourth-order valence-corrected chi connectivity index (χ4v) is 3.93. The first-order valence-corrected chi connectivity index (χ1v) is 7.77. The van der Waals surface area contributed by atoms with Gasteiger partial charge in [0.2, 0.25) is 0 Å². The Kier molecular flexibility index (Phi) is 3.89. The van der Waals surface area contributed by atoms with Gasteiger partial charge in [-0.25, -0.2) is 4.79 Å². The third-order valence-electron chi connectivity index (χ3n) is 4.68. The Balaban J connectivity index is 1.92. The lowest BCUT2D eigenvalue weighted by atomic mass is 9.84. The maximum Gasteiger partial charge on any atom is 0.326 e. The Labute approximate surface area is 128 Å². The number of carbonyl (C=O) groups excluding carboxylic acids is 1. The van der Waals surface area contributed by atoms with E-state index in [2.05, 4.69) is 0 Å². The van der Waals surface area contributed by atoms with E-state index in [1.807, 2.05) is 0 Å². The van der Waals surface area contributed by atoms with Crippen LogP contribution in [0.1, 0.15) is 42.5 Å².